The summed E-state index contributed by atoms with van der Waals surface area (Å²) in [5, 5.41) is 13.1. The van der Waals surface area contributed by atoms with Gasteiger partial charge in [0, 0.05) is 19.0 Å². The number of carboxylic acids is 1. The smallest absolute Gasteiger partial charge is 0.321 e. The van der Waals surface area contributed by atoms with Gasteiger partial charge in [0.1, 0.15) is 0 Å². The Balaban J connectivity index is 2.16. The third-order valence-corrected chi connectivity index (χ3v) is 3.14. The normalized spacial score (nSPS) is 16.9. The van der Waals surface area contributed by atoms with Crippen LogP contribution in [0.15, 0.2) is 0 Å². The molecule has 1 aliphatic heterocycles. The number of urea groups is 1. The van der Waals surface area contributed by atoms with E-state index in [9.17, 15) is 14.4 Å². The Morgan fingerprint density at radius 3 is 2.42 bits per heavy atom. The number of carbonyl (C=O) groups is 3. The van der Waals surface area contributed by atoms with E-state index >= 15 is 0 Å². The zero-order chi connectivity index (χ0) is 14.3. The van der Waals surface area contributed by atoms with Gasteiger partial charge in [0.05, 0.1) is 6.42 Å². The number of rotatable bonds is 6. The van der Waals surface area contributed by atoms with Crippen molar-refractivity contribution >= 4 is 17.9 Å². The molecule has 0 aromatic carbocycles. The van der Waals surface area contributed by atoms with Crippen LogP contribution in [0.3, 0.4) is 0 Å². The number of likely N-dealkylation sites (tertiary alicyclic amines) is 1. The van der Waals surface area contributed by atoms with Crippen LogP contribution in [0.25, 0.3) is 0 Å². The predicted octanol–water partition coefficient (Wildman–Crippen LogP) is 0.161. The van der Waals surface area contributed by atoms with Crippen molar-refractivity contribution in [2.45, 2.75) is 38.6 Å². The lowest BCUT2D eigenvalue weighted by Crippen LogP contribution is -2.45. The molecular weight excluding hydrogens is 250 g/mol. The lowest BCUT2D eigenvalue weighted by atomic mass is 10.3. The highest BCUT2D eigenvalue weighted by Gasteiger charge is 2.18. The number of imide groups is 1. The molecule has 0 aromatic rings. The quantitative estimate of drug-likeness (QED) is 0.639. The van der Waals surface area contributed by atoms with Crippen LogP contribution in [0.1, 0.15) is 32.6 Å². The van der Waals surface area contributed by atoms with E-state index in [2.05, 4.69) is 15.5 Å². The van der Waals surface area contributed by atoms with Gasteiger partial charge in [0.2, 0.25) is 5.91 Å². The lowest BCUT2D eigenvalue weighted by Gasteiger charge is -2.23. The van der Waals surface area contributed by atoms with E-state index in [1.54, 1.807) is 0 Å². The topological polar surface area (TPSA) is 98.7 Å². The van der Waals surface area contributed by atoms with Crippen molar-refractivity contribution < 1.29 is 19.5 Å². The van der Waals surface area contributed by atoms with Gasteiger partial charge in [0.25, 0.3) is 0 Å². The zero-order valence-corrected chi connectivity index (χ0v) is 11.1. The molecule has 7 heteroatoms. The minimum Gasteiger partial charge on any atom is -0.481 e. The largest absolute Gasteiger partial charge is 0.481 e. The number of carboxylic acid groups (broad SMARTS) is 1. The number of nitrogens with zero attached hydrogens (tertiary/aromatic N) is 1. The molecule has 1 aliphatic rings. The van der Waals surface area contributed by atoms with Gasteiger partial charge in [-0.2, -0.15) is 0 Å². The van der Waals surface area contributed by atoms with E-state index in [-0.39, 0.29) is 18.9 Å². The molecule has 0 aromatic heterocycles. The van der Waals surface area contributed by atoms with Crippen LogP contribution in [0.4, 0.5) is 4.79 Å². The first-order valence-corrected chi connectivity index (χ1v) is 6.52. The van der Waals surface area contributed by atoms with E-state index in [0.717, 1.165) is 13.1 Å². The summed E-state index contributed by atoms with van der Waals surface area (Å²) in [4.78, 5) is 35.2. The van der Waals surface area contributed by atoms with Crippen molar-refractivity contribution in [1.29, 1.82) is 0 Å². The molecule has 19 heavy (non-hydrogen) atoms. The van der Waals surface area contributed by atoms with Crippen molar-refractivity contribution in [2.75, 3.05) is 19.6 Å². The number of aliphatic carboxylic acids is 1. The van der Waals surface area contributed by atoms with Crippen molar-refractivity contribution in [2.24, 2.45) is 0 Å². The van der Waals surface area contributed by atoms with Crippen LogP contribution in [0.2, 0.25) is 0 Å². The third kappa shape index (κ3) is 6.19. The van der Waals surface area contributed by atoms with Crippen LogP contribution in [-0.2, 0) is 9.59 Å². The summed E-state index contributed by atoms with van der Waals surface area (Å²) in [6, 6.07) is -0.330. The molecule has 1 saturated heterocycles. The molecule has 0 radical (unpaired) electrons. The summed E-state index contributed by atoms with van der Waals surface area (Å²) in [7, 11) is 0. The Morgan fingerprint density at radius 1 is 1.21 bits per heavy atom. The maximum Gasteiger partial charge on any atom is 0.321 e. The van der Waals surface area contributed by atoms with Crippen molar-refractivity contribution in [1.82, 2.24) is 15.5 Å². The minimum atomic E-state index is -1.06. The molecule has 0 bridgehead atoms. The molecule has 108 valence electrons. The highest BCUT2D eigenvalue weighted by molar-refractivity contribution is 5.95. The standard InChI is InChI=1S/C12H21N3O4/c1-9(15-6-2-3-7-15)8-13-12(19)14-10(16)4-5-11(17)18/h9H,2-8H2,1H3,(H,17,18)(H2,13,14,16,19). The molecule has 1 heterocycles. The van der Waals surface area contributed by atoms with Gasteiger partial charge in [-0.15, -0.1) is 0 Å². The third-order valence-electron chi connectivity index (χ3n) is 3.14. The van der Waals surface area contributed by atoms with Gasteiger partial charge < -0.3 is 10.4 Å². The molecular formula is C12H21N3O4. The maximum absolute atomic E-state index is 11.4. The van der Waals surface area contributed by atoms with Crippen LogP contribution in [0, 0.1) is 0 Å². The van der Waals surface area contributed by atoms with Crippen LogP contribution >= 0.6 is 0 Å². The van der Waals surface area contributed by atoms with Crippen LogP contribution < -0.4 is 10.6 Å². The Bertz CT molecular complexity index is 340. The van der Waals surface area contributed by atoms with E-state index in [4.69, 9.17) is 5.11 Å². The second-order valence-electron chi connectivity index (χ2n) is 4.74. The van der Waals surface area contributed by atoms with Gasteiger partial charge in [-0.05, 0) is 32.9 Å². The van der Waals surface area contributed by atoms with Gasteiger partial charge in [-0.1, -0.05) is 0 Å². The molecule has 0 spiro atoms. The highest BCUT2D eigenvalue weighted by Crippen LogP contribution is 2.10. The summed E-state index contributed by atoms with van der Waals surface area (Å²) in [5.41, 5.74) is 0. The zero-order valence-electron chi connectivity index (χ0n) is 11.1. The fraction of sp³-hybridized carbons (Fsp3) is 0.750. The number of nitrogens with one attached hydrogen (secondary N) is 2. The highest BCUT2D eigenvalue weighted by atomic mass is 16.4. The molecule has 1 rings (SSSR count). The maximum atomic E-state index is 11.4. The van der Waals surface area contributed by atoms with Gasteiger partial charge in [0.15, 0.2) is 0 Å². The first-order chi connectivity index (χ1) is 8.99. The molecule has 7 nitrogen and oxygen atoms in total. The van der Waals surface area contributed by atoms with Gasteiger partial charge >= 0.3 is 12.0 Å². The number of carbonyl (C=O) groups excluding carboxylic acids is 2. The van der Waals surface area contributed by atoms with Gasteiger partial charge in [-0.3, -0.25) is 19.8 Å². The number of hydrogen-bond acceptors (Lipinski definition) is 4. The molecule has 0 saturated carbocycles. The molecule has 3 amide bonds. The van der Waals surface area contributed by atoms with Gasteiger partial charge in [-0.25, -0.2) is 4.79 Å². The Kier molecular flexibility index (Phi) is 6.27. The average molecular weight is 271 g/mol. The van der Waals surface area contributed by atoms with Crippen LogP contribution in [0.5, 0.6) is 0 Å². The minimum absolute atomic E-state index is 0.190. The SMILES string of the molecule is CC(CNC(=O)NC(=O)CCC(=O)O)N1CCCC1. The second kappa shape index (κ2) is 7.73. The van der Waals surface area contributed by atoms with E-state index in [1.807, 2.05) is 6.92 Å². The van der Waals surface area contributed by atoms with E-state index < -0.39 is 17.9 Å². The Morgan fingerprint density at radius 2 is 1.84 bits per heavy atom. The van der Waals surface area contributed by atoms with E-state index in [1.165, 1.54) is 12.8 Å². The average Bonchev–Trinajstić information content (AvgIpc) is 2.87. The Hall–Kier alpha value is -1.63. The monoisotopic (exact) mass is 271 g/mol. The second-order valence-corrected chi connectivity index (χ2v) is 4.74. The molecule has 1 fully saturated rings. The lowest BCUT2D eigenvalue weighted by molar-refractivity contribution is -0.138. The molecule has 1 unspecified atom stereocenters. The first kappa shape index (κ1) is 15.4. The summed E-state index contributed by atoms with van der Waals surface area (Å²) in [6.45, 7) is 4.58. The summed E-state index contributed by atoms with van der Waals surface area (Å²) >= 11 is 0. The number of hydrogen-bond donors (Lipinski definition) is 3. The first-order valence-electron chi connectivity index (χ1n) is 6.52. The van der Waals surface area contributed by atoms with Crippen molar-refractivity contribution in [3.8, 4) is 0 Å². The predicted molar refractivity (Wildman–Crippen MR) is 68.7 cm³/mol. The van der Waals surface area contributed by atoms with E-state index in [0.29, 0.717) is 6.54 Å². The molecule has 0 aliphatic carbocycles. The van der Waals surface area contributed by atoms with Crippen molar-refractivity contribution in [3.63, 3.8) is 0 Å². The summed E-state index contributed by atoms with van der Waals surface area (Å²) in [5.74, 6) is -1.63. The fourth-order valence-electron chi connectivity index (χ4n) is 2.01. The Labute approximate surface area is 112 Å². The molecule has 3 N–H and O–H groups in total. The van der Waals surface area contributed by atoms with Crippen molar-refractivity contribution in [3.05, 3.63) is 0 Å². The fourth-order valence-corrected chi connectivity index (χ4v) is 2.01. The number of amides is 3. The summed E-state index contributed by atoms with van der Waals surface area (Å²) in [6.07, 6.45) is 1.90. The summed E-state index contributed by atoms with van der Waals surface area (Å²) < 4.78 is 0. The van der Waals surface area contributed by atoms with Crippen LogP contribution in [-0.4, -0.2) is 53.6 Å². The molecule has 1 atom stereocenters.